The molecule has 1 amide bonds. The lowest BCUT2D eigenvalue weighted by Gasteiger charge is -2.28. The molecule has 1 aliphatic rings. The summed E-state index contributed by atoms with van der Waals surface area (Å²) in [5.74, 6) is -0.0306. The highest BCUT2D eigenvalue weighted by atomic mass is 16.2. The third-order valence-corrected chi connectivity index (χ3v) is 4.17. The molecular formula is C17H27N3O. The van der Waals surface area contributed by atoms with Crippen molar-refractivity contribution in [2.24, 2.45) is 5.73 Å². The van der Waals surface area contributed by atoms with E-state index >= 15 is 0 Å². The summed E-state index contributed by atoms with van der Waals surface area (Å²) in [5, 5.41) is 3.04. The molecule has 0 bridgehead atoms. The van der Waals surface area contributed by atoms with Crippen LogP contribution in [-0.2, 0) is 4.79 Å². The number of benzene rings is 1. The molecule has 1 aliphatic heterocycles. The van der Waals surface area contributed by atoms with Crippen LogP contribution in [0.5, 0.6) is 0 Å². The highest BCUT2D eigenvalue weighted by Crippen LogP contribution is 2.24. The van der Waals surface area contributed by atoms with Gasteiger partial charge in [-0.15, -0.1) is 0 Å². The minimum atomic E-state index is -0.384. The van der Waals surface area contributed by atoms with Gasteiger partial charge in [0, 0.05) is 6.54 Å². The second-order valence-corrected chi connectivity index (χ2v) is 5.81. The molecule has 1 aromatic carbocycles. The van der Waals surface area contributed by atoms with Gasteiger partial charge in [0.25, 0.3) is 0 Å². The van der Waals surface area contributed by atoms with Crippen LogP contribution in [0.15, 0.2) is 30.3 Å². The molecule has 3 N–H and O–H groups in total. The van der Waals surface area contributed by atoms with Gasteiger partial charge < -0.3 is 11.1 Å². The standard InChI is InChI=1S/C17H27N3O/c1-2-8-15(18)17(21)19-13-16(20-11-6-7-12-20)14-9-4-3-5-10-14/h3-5,9-10,15-16H,2,6-8,11-13,18H2,1H3,(H,19,21). The van der Waals surface area contributed by atoms with Gasteiger partial charge in [0.1, 0.15) is 0 Å². The zero-order chi connectivity index (χ0) is 15.1. The highest BCUT2D eigenvalue weighted by Gasteiger charge is 2.24. The van der Waals surface area contributed by atoms with Gasteiger partial charge in [0.15, 0.2) is 0 Å². The maximum absolute atomic E-state index is 12.0. The van der Waals surface area contributed by atoms with Gasteiger partial charge in [0.05, 0.1) is 12.1 Å². The van der Waals surface area contributed by atoms with E-state index in [0.717, 1.165) is 25.9 Å². The van der Waals surface area contributed by atoms with E-state index in [1.54, 1.807) is 0 Å². The lowest BCUT2D eigenvalue weighted by Crippen LogP contribution is -2.44. The van der Waals surface area contributed by atoms with E-state index < -0.39 is 0 Å². The number of amides is 1. The van der Waals surface area contributed by atoms with Gasteiger partial charge >= 0.3 is 0 Å². The van der Waals surface area contributed by atoms with E-state index in [0.29, 0.717) is 6.54 Å². The first kappa shape index (κ1) is 16.0. The Balaban J connectivity index is 1.98. The van der Waals surface area contributed by atoms with Gasteiger partial charge in [-0.25, -0.2) is 0 Å². The summed E-state index contributed by atoms with van der Waals surface area (Å²) < 4.78 is 0. The Labute approximate surface area is 127 Å². The minimum Gasteiger partial charge on any atom is -0.353 e. The molecule has 1 aromatic rings. The number of nitrogens with one attached hydrogen (secondary N) is 1. The van der Waals surface area contributed by atoms with E-state index in [1.807, 2.05) is 13.0 Å². The van der Waals surface area contributed by atoms with Crippen molar-refractivity contribution in [3.05, 3.63) is 35.9 Å². The number of rotatable bonds is 7. The number of carbonyl (C=O) groups excluding carboxylic acids is 1. The van der Waals surface area contributed by atoms with E-state index in [9.17, 15) is 4.79 Å². The summed E-state index contributed by atoms with van der Waals surface area (Å²) in [5.41, 5.74) is 7.15. The van der Waals surface area contributed by atoms with E-state index in [1.165, 1.54) is 18.4 Å². The normalized spacial score (nSPS) is 18.4. The van der Waals surface area contributed by atoms with Crippen LogP contribution in [0, 0.1) is 0 Å². The van der Waals surface area contributed by atoms with Crippen LogP contribution in [0.4, 0.5) is 0 Å². The number of hydrogen-bond acceptors (Lipinski definition) is 3. The number of nitrogens with two attached hydrogens (primary N) is 1. The molecule has 1 fully saturated rings. The first-order valence-corrected chi connectivity index (χ1v) is 8.04. The van der Waals surface area contributed by atoms with Crippen molar-refractivity contribution in [3.63, 3.8) is 0 Å². The molecule has 2 rings (SSSR count). The van der Waals surface area contributed by atoms with Crippen LogP contribution in [-0.4, -0.2) is 36.5 Å². The number of likely N-dealkylation sites (tertiary alicyclic amines) is 1. The quantitative estimate of drug-likeness (QED) is 0.808. The van der Waals surface area contributed by atoms with E-state index in [2.05, 4.69) is 34.5 Å². The average molecular weight is 289 g/mol. The van der Waals surface area contributed by atoms with Crippen molar-refractivity contribution < 1.29 is 4.79 Å². The maximum atomic E-state index is 12.0. The Bertz CT molecular complexity index is 429. The fourth-order valence-electron chi connectivity index (χ4n) is 2.96. The fourth-order valence-corrected chi connectivity index (χ4v) is 2.96. The molecule has 0 aromatic heterocycles. The monoisotopic (exact) mass is 289 g/mol. The molecule has 4 nitrogen and oxygen atoms in total. The van der Waals surface area contributed by atoms with Gasteiger partial charge in [0.2, 0.25) is 5.91 Å². The van der Waals surface area contributed by atoms with Crippen molar-refractivity contribution in [1.29, 1.82) is 0 Å². The Morgan fingerprint density at radius 2 is 1.95 bits per heavy atom. The van der Waals surface area contributed by atoms with Crippen molar-refractivity contribution in [2.75, 3.05) is 19.6 Å². The van der Waals surface area contributed by atoms with Crippen LogP contribution < -0.4 is 11.1 Å². The predicted octanol–water partition coefficient (Wildman–Crippen LogP) is 2.07. The van der Waals surface area contributed by atoms with Crippen LogP contribution >= 0.6 is 0 Å². The predicted molar refractivity (Wildman–Crippen MR) is 85.9 cm³/mol. The molecular weight excluding hydrogens is 262 g/mol. The highest BCUT2D eigenvalue weighted by molar-refractivity contribution is 5.81. The van der Waals surface area contributed by atoms with Gasteiger partial charge in [-0.1, -0.05) is 43.7 Å². The third-order valence-electron chi connectivity index (χ3n) is 4.17. The Morgan fingerprint density at radius 1 is 1.29 bits per heavy atom. The molecule has 0 aliphatic carbocycles. The first-order chi connectivity index (χ1) is 10.2. The molecule has 1 saturated heterocycles. The van der Waals surface area contributed by atoms with Crippen LogP contribution in [0.3, 0.4) is 0 Å². The van der Waals surface area contributed by atoms with Crippen LogP contribution in [0.1, 0.15) is 44.2 Å². The largest absolute Gasteiger partial charge is 0.353 e. The van der Waals surface area contributed by atoms with Crippen molar-refractivity contribution in [1.82, 2.24) is 10.2 Å². The van der Waals surface area contributed by atoms with Gasteiger partial charge in [-0.05, 0) is 37.9 Å². The average Bonchev–Trinajstić information content (AvgIpc) is 3.03. The third kappa shape index (κ3) is 4.55. The lowest BCUT2D eigenvalue weighted by atomic mass is 10.1. The molecule has 1 heterocycles. The number of nitrogens with zero attached hydrogens (tertiary/aromatic N) is 1. The Kier molecular flexibility index (Phi) is 6.21. The summed E-state index contributed by atoms with van der Waals surface area (Å²) in [6.07, 6.45) is 4.16. The van der Waals surface area contributed by atoms with Gasteiger partial charge in [-0.2, -0.15) is 0 Å². The Morgan fingerprint density at radius 3 is 2.57 bits per heavy atom. The fraction of sp³-hybridized carbons (Fsp3) is 0.588. The number of carbonyl (C=O) groups is 1. The Hall–Kier alpha value is -1.39. The molecule has 0 spiro atoms. The SMILES string of the molecule is CCCC(N)C(=O)NCC(c1ccccc1)N1CCCC1. The second kappa shape index (κ2) is 8.15. The molecule has 4 heteroatoms. The molecule has 2 unspecified atom stereocenters. The smallest absolute Gasteiger partial charge is 0.236 e. The van der Waals surface area contributed by atoms with Crippen molar-refractivity contribution >= 4 is 5.91 Å². The molecule has 0 radical (unpaired) electrons. The second-order valence-electron chi connectivity index (χ2n) is 5.81. The minimum absolute atomic E-state index is 0.0306. The molecule has 2 atom stereocenters. The molecule has 21 heavy (non-hydrogen) atoms. The lowest BCUT2D eigenvalue weighted by molar-refractivity contribution is -0.122. The first-order valence-electron chi connectivity index (χ1n) is 8.04. The molecule has 0 saturated carbocycles. The summed E-state index contributed by atoms with van der Waals surface area (Å²) in [6, 6.07) is 10.3. The van der Waals surface area contributed by atoms with E-state index in [-0.39, 0.29) is 18.0 Å². The summed E-state index contributed by atoms with van der Waals surface area (Å²) in [4.78, 5) is 14.5. The van der Waals surface area contributed by atoms with Crippen molar-refractivity contribution in [3.8, 4) is 0 Å². The zero-order valence-electron chi connectivity index (χ0n) is 12.9. The summed E-state index contributed by atoms with van der Waals surface area (Å²) in [6.45, 7) is 4.90. The zero-order valence-corrected chi connectivity index (χ0v) is 12.9. The molecule has 116 valence electrons. The van der Waals surface area contributed by atoms with Gasteiger partial charge in [-0.3, -0.25) is 9.69 Å². The topological polar surface area (TPSA) is 58.4 Å². The van der Waals surface area contributed by atoms with Crippen molar-refractivity contribution in [2.45, 2.75) is 44.7 Å². The van der Waals surface area contributed by atoms with Crippen LogP contribution in [0.25, 0.3) is 0 Å². The van der Waals surface area contributed by atoms with Crippen LogP contribution in [0.2, 0.25) is 0 Å². The maximum Gasteiger partial charge on any atom is 0.236 e. The van der Waals surface area contributed by atoms with E-state index in [4.69, 9.17) is 5.73 Å². The summed E-state index contributed by atoms with van der Waals surface area (Å²) in [7, 11) is 0. The summed E-state index contributed by atoms with van der Waals surface area (Å²) >= 11 is 0. The number of hydrogen-bond donors (Lipinski definition) is 2.